The van der Waals surface area contributed by atoms with Crippen LogP contribution in [0.15, 0.2) is 36.5 Å². The molecule has 4 heteroatoms. The predicted octanol–water partition coefficient (Wildman–Crippen LogP) is 2.38. The van der Waals surface area contributed by atoms with Gasteiger partial charge in [-0.2, -0.15) is 0 Å². The summed E-state index contributed by atoms with van der Waals surface area (Å²) in [6.45, 7) is 1.02. The molecular weight excluding hydrogens is 262 g/mol. The molecule has 0 atom stereocenters. The first kappa shape index (κ1) is 14.0. The first-order valence-electron chi connectivity index (χ1n) is 7.65. The molecule has 0 saturated heterocycles. The molecule has 21 heavy (non-hydrogen) atoms. The van der Waals surface area contributed by atoms with E-state index in [-0.39, 0.29) is 5.91 Å². The summed E-state index contributed by atoms with van der Waals surface area (Å²) in [5.41, 5.74) is 2.13. The summed E-state index contributed by atoms with van der Waals surface area (Å²) in [6.07, 6.45) is 6.52. The molecule has 0 radical (unpaired) electrons. The van der Waals surface area contributed by atoms with Crippen LogP contribution in [0.1, 0.15) is 31.2 Å². The van der Waals surface area contributed by atoms with E-state index in [0.29, 0.717) is 19.1 Å². The number of benzene rings is 1. The van der Waals surface area contributed by atoms with E-state index in [0.717, 1.165) is 29.3 Å². The summed E-state index contributed by atoms with van der Waals surface area (Å²) in [5, 5.41) is 7.43. The number of hydrogen-bond acceptors (Lipinski definition) is 3. The summed E-state index contributed by atoms with van der Waals surface area (Å²) < 4.78 is 0. The molecule has 1 fully saturated rings. The minimum atomic E-state index is 0.0927. The highest BCUT2D eigenvalue weighted by Gasteiger charge is 2.16. The second kappa shape index (κ2) is 6.68. The van der Waals surface area contributed by atoms with Gasteiger partial charge in [0.05, 0.1) is 12.1 Å². The van der Waals surface area contributed by atoms with Crippen LogP contribution in [0.4, 0.5) is 0 Å². The van der Waals surface area contributed by atoms with E-state index in [1.165, 1.54) is 12.8 Å². The fourth-order valence-electron chi connectivity index (χ4n) is 2.97. The monoisotopic (exact) mass is 283 g/mol. The standard InChI is InChI=1S/C17H21N3O/c21-16(20-15-8-1-2-9-15)12-18-11-14-6-3-5-13-7-4-10-19-17(13)14/h3-7,10,15,18H,1-2,8-9,11-12H2,(H,20,21). The van der Waals surface area contributed by atoms with E-state index >= 15 is 0 Å². The Morgan fingerprint density at radius 2 is 2.00 bits per heavy atom. The minimum Gasteiger partial charge on any atom is -0.352 e. The van der Waals surface area contributed by atoms with Crippen molar-refractivity contribution in [3.8, 4) is 0 Å². The van der Waals surface area contributed by atoms with Crippen LogP contribution in [0.2, 0.25) is 0 Å². The van der Waals surface area contributed by atoms with Gasteiger partial charge in [0.2, 0.25) is 5.91 Å². The van der Waals surface area contributed by atoms with Crippen LogP contribution in [0.3, 0.4) is 0 Å². The van der Waals surface area contributed by atoms with Crippen LogP contribution >= 0.6 is 0 Å². The zero-order valence-electron chi connectivity index (χ0n) is 12.1. The fourth-order valence-corrected chi connectivity index (χ4v) is 2.97. The smallest absolute Gasteiger partial charge is 0.234 e. The Morgan fingerprint density at radius 1 is 1.19 bits per heavy atom. The highest BCUT2D eigenvalue weighted by molar-refractivity contribution is 5.81. The van der Waals surface area contributed by atoms with Crippen molar-refractivity contribution < 1.29 is 4.79 Å². The minimum absolute atomic E-state index is 0.0927. The van der Waals surface area contributed by atoms with Crippen LogP contribution in [0.25, 0.3) is 10.9 Å². The number of pyridine rings is 1. The number of para-hydroxylation sites is 1. The van der Waals surface area contributed by atoms with E-state index in [9.17, 15) is 4.79 Å². The largest absolute Gasteiger partial charge is 0.352 e. The zero-order chi connectivity index (χ0) is 14.5. The molecule has 0 aliphatic heterocycles. The van der Waals surface area contributed by atoms with Gasteiger partial charge in [-0.05, 0) is 24.5 Å². The van der Waals surface area contributed by atoms with Crippen LogP contribution < -0.4 is 10.6 Å². The van der Waals surface area contributed by atoms with E-state index in [4.69, 9.17) is 0 Å². The number of carbonyl (C=O) groups excluding carboxylic acids is 1. The molecule has 1 heterocycles. The third-order valence-corrected chi connectivity index (χ3v) is 4.04. The van der Waals surface area contributed by atoms with Gasteiger partial charge in [0.15, 0.2) is 0 Å². The quantitative estimate of drug-likeness (QED) is 0.886. The van der Waals surface area contributed by atoms with Gasteiger partial charge in [-0.15, -0.1) is 0 Å². The molecule has 1 amide bonds. The molecular formula is C17H21N3O. The number of nitrogens with zero attached hydrogens (tertiary/aromatic N) is 1. The Hall–Kier alpha value is -1.94. The lowest BCUT2D eigenvalue weighted by molar-refractivity contribution is -0.120. The van der Waals surface area contributed by atoms with Crippen LogP contribution in [0.5, 0.6) is 0 Å². The van der Waals surface area contributed by atoms with Crippen molar-refractivity contribution >= 4 is 16.8 Å². The Morgan fingerprint density at radius 3 is 2.86 bits per heavy atom. The molecule has 1 aliphatic rings. The van der Waals surface area contributed by atoms with Crippen molar-refractivity contribution in [3.05, 3.63) is 42.1 Å². The predicted molar refractivity (Wildman–Crippen MR) is 83.8 cm³/mol. The van der Waals surface area contributed by atoms with Gasteiger partial charge in [0.1, 0.15) is 0 Å². The molecule has 1 aliphatic carbocycles. The molecule has 0 bridgehead atoms. The van der Waals surface area contributed by atoms with Gasteiger partial charge in [0, 0.05) is 24.2 Å². The van der Waals surface area contributed by atoms with Gasteiger partial charge >= 0.3 is 0 Å². The molecule has 2 aromatic rings. The Bertz CT molecular complexity index is 615. The number of amides is 1. The van der Waals surface area contributed by atoms with Crippen LogP contribution in [-0.4, -0.2) is 23.5 Å². The second-order valence-corrected chi connectivity index (χ2v) is 5.64. The number of carbonyl (C=O) groups is 1. The van der Waals surface area contributed by atoms with Gasteiger partial charge in [-0.1, -0.05) is 37.1 Å². The molecule has 1 saturated carbocycles. The summed E-state index contributed by atoms with van der Waals surface area (Å²) in [7, 11) is 0. The van der Waals surface area contributed by atoms with Gasteiger partial charge in [-0.25, -0.2) is 0 Å². The molecule has 110 valence electrons. The first-order valence-corrected chi connectivity index (χ1v) is 7.65. The molecule has 1 aromatic carbocycles. The van der Waals surface area contributed by atoms with E-state index in [1.54, 1.807) is 6.20 Å². The summed E-state index contributed by atoms with van der Waals surface area (Å²) >= 11 is 0. The first-order chi connectivity index (χ1) is 10.3. The van der Waals surface area contributed by atoms with Crippen molar-refractivity contribution in [1.82, 2.24) is 15.6 Å². The van der Waals surface area contributed by atoms with Crippen molar-refractivity contribution in [2.75, 3.05) is 6.54 Å². The summed E-state index contributed by atoms with van der Waals surface area (Å²) in [5.74, 6) is 0.0927. The number of hydrogen-bond donors (Lipinski definition) is 2. The zero-order valence-corrected chi connectivity index (χ0v) is 12.1. The number of aromatic nitrogens is 1. The molecule has 2 N–H and O–H groups in total. The molecule has 0 spiro atoms. The number of rotatable bonds is 5. The lowest BCUT2D eigenvalue weighted by Gasteiger charge is -2.12. The van der Waals surface area contributed by atoms with Crippen molar-refractivity contribution in [3.63, 3.8) is 0 Å². The van der Waals surface area contributed by atoms with Gasteiger partial charge < -0.3 is 10.6 Å². The average molecular weight is 283 g/mol. The van der Waals surface area contributed by atoms with E-state index in [1.807, 2.05) is 12.1 Å². The number of fused-ring (bicyclic) bond motifs is 1. The van der Waals surface area contributed by atoms with Gasteiger partial charge in [0.25, 0.3) is 0 Å². The molecule has 4 nitrogen and oxygen atoms in total. The van der Waals surface area contributed by atoms with Crippen LogP contribution in [-0.2, 0) is 11.3 Å². The Balaban J connectivity index is 1.53. The molecule has 1 aromatic heterocycles. The maximum Gasteiger partial charge on any atom is 0.234 e. The van der Waals surface area contributed by atoms with Crippen LogP contribution in [0, 0.1) is 0 Å². The van der Waals surface area contributed by atoms with Crippen molar-refractivity contribution in [1.29, 1.82) is 0 Å². The van der Waals surface area contributed by atoms with Crippen molar-refractivity contribution in [2.24, 2.45) is 0 Å². The topological polar surface area (TPSA) is 54.0 Å². The second-order valence-electron chi connectivity index (χ2n) is 5.64. The van der Waals surface area contributed by atoms with E-state index in [2.05, 4.69) is 33.8 Å². The maximum atomic E-state index is 11.9. The van der Waals surface area contributed by atoms with Gasteiger partial charge in [-0.3, -0.25) is 9.78 Å². The normalized spacial score (nSPS) is 15.4. The SMILES string of the molecule is O=C(CNCc1cccc2cccnc12)NC1CCCC1. The van der Waals surface area contributed by atoms with E-state index < -0.39 is 0 Å². The Labute approximate surface area is 125 Å². The Kier molecular flexibility index (Phi) is 4.46. The molecule has 3 rings (SSSR count). The lowest BCUT2D eigenvalue weighted by atomic mass is 10.1. The summed E-state index contributed by atoms with van der Waals surface area (Å²) in [6, 6.07) is 10.5. The average Bonchev–Trinajstić information content (AvgIpc) is 3.00. The fraction of sp³-hybridized carbons (Fsp3) is 0.412. The highest BCUT2D eigenvalue weighted by atomic mass is 16.1. The maximum absolute atomic E-state index is 11.9. The summed E-state index contributed by atoms with van der Waals surface area (Å²) in [4.78, 5) is 16.3. The third kappa shape index (κ3) is 3.58. The number of nitrogens with one attached hydrogen (secondary N) is 2. The third-order valence-electron chi connectivity index (χ3n) is 4.04. The lowest BCUT2D eigenvalue weighted by Crippen LogP contribution is -2.38. The highest BCUT2D eigenvalue weighted by Crippen LogP contribution is 2.17. The van der Waals surface area contributed by atoms with Crippen molar-refractivity contribution in [2.45, 2.75) is 38.3 Å². The molecule has 0 unspecified atom stereocenters.